The van der Waals surface area contributed by atoms with E-state index < -0.39 is 34.9 Å². The molecule has 2 fully saturated rings. The van der Waals surface area contributed by atoms with E-state index in [4.69, 9.17) is 5.11 Å². The summed E-state index contributed by atoms with van der Waals surface area (Å²) in [6.07, 6.45) is 3.21. The molecule has 0 unspecified atom stereocenters. The zero-order chi connectivity index (χ0) is 18.1. The van der Waals surface area contributed by atoms with E-state index in [1.165, 1.54) is 0 Å². The zero-order valence-electron chi connectivity index (χ0n) is 13.5. The van der Waals surface area contributed by atoms with E-state index in [1.54, 1.807) is 0 Å². The molecule has 2 aliphatic rings. The molecule has 1 amide bonds. The van der Waals surface area contributed by atoms with Crippen LogP contribution in [0.25, 0.3) is 0 Å². The van der Waals surface area contributed by atoms with Crippen molar-refractivity contribution in [2.24, 2.45) is 5.92 Å². The first-order valence-electron chi connectivity index (χ1n) is 8.25. The van der Waals surface area contributed by atoms with Gasteiger partial charge < -0.3 is 10.4 Å². The van der Waals surface area contributed by atoms with E-state index in [0.29, 0.717) is 37.4 Å². The number of amides is 1. The van der Waals surface area contributed by atoms with Crippen molar-refractivity contribution in [3.63, 3.8) is 0 Å². The van der Waals surface area contributed by atoms with Gasteiger partial charge in [0, 0.05) is 18.6 Å². The van der Waals surface area contributed by atoms with Crippen molar-refractivity contribution in [1.82, 2.24) is 10.2 Å². The normalized spacial score (nSPS) is 22.6. The Morgan fingerprint density at radius 2 is 1.80 bits per heavy atom. The van der Waals surface area contributed by atoms with Gasteiger partial charge in [-0.05, 0) is 43.7 Å². The molecule has 25 heavy (non-hydrogen) atoms. The first-order chi connectivity index (χ1) is 11.8. The largest absolute Gasteiger partial charge is 0.480 e. The van der Waals surface area contributed by atoms with Gasteiger partial charge in [0.2, 0.25) is 0 Å². The molecule has 0 aromatic heterocycles. The van der Waals surface area contributed by atoms with Crippen LogP contribution in [0.2, 0.25) is 0 Å². The highest BCUT2D eigenvalue weighted by molar-refractivity contribution is 5.95. The summed E-state index contributed by atoms with van der Waals surface area (Å²) in [5.74, 6) is -5.27. The van der Waals surface area contributed by atoms with E-state index >= 15 is 0 Å². The highest BCUT2D eigenvalue weighted by atomic mass is 19.2. The number of rotatable bonds is 7. The molecule has 5 nitrogen and oxygen atoms in total. The summed E-state index contributed by atoms with van der Waals surface area (Å²) in [5.41, 5.74) is -0.927. The van der Waals surface area contributed by atoms with Crippen molar-refractivity contribution >= 4 is 11.9 Å². The first-order valence-corrected chi connectivity index (χ1v) is 8.25. The number of aliphatic carboxylic acids is 1. The van der Waals surface area contributed by atoms with Gasteiger partial charge in [-0.2, -0.15) is 0 Å². The molecule has 3 rings (SSSR count). The van der Waals surface area contributed by atoms with Crippen molar-refractivity contribution in [3.8, 4) is 0 Å². The first kappa shape index (κ1) is 17.7. The molecule has 0 spiro atoms. The van der Waals surface area contributed by atoms with Crippen LogP contribution in [-0.2, 0) is 4.79 Å². The molecule has 136 valence electrons. The van der Waals surface area contributed by atoms with Crippen molar-refractivity contribution in [1.29, 1.82) is 0 Å². The van der Waals surface area contributed by atoms with Crippen LogP contribution in [0.1, 0.15) is 36.0 Å². The summed E-state index contributed by atoms with van der Waals surface area (Å²) in [6, 6.07) is 1.04. The molecule has 1 aromatic rings. The molecular weight excluding hydrogens is 337 g/mol. The van der Waals surface area contributed by atoms with Gasteiger partial charge in [0.1, 0.15) is 11.4 Å². The van der Waals surface area contributed by atoms with Gasteiger partial charge in [0.15, 0.2) is 11.6 Å². The summed E-state index contributed by atoms with van der Waals surface area (Å²) in [7, 11) is 0. The van der Waals surface area contributed by atoms with Crippen LogP contribution in [-0.4, -0.2) is 47.1 Å². The van der Waals surface area contributed by atoms with Gasteiger partial charge in [-0.1, -0.05) is 0 Å². The monoisotopic (exact) mass is 356 g/mol. The Hall–Kier alpha value is -2.09. The second kappa shape index (κ2) is 7.03. The number of hydrogen-bond acceptors (Lipinski definition) is 3. The molecule has 2 aliphatic carbocycles. The van der Waals surface area contributed by atoms with Crippen LogP contribution in [0.3, 0.4) is 0 Å². The molecule has 0 aliphatic heterocycles. The average molecular weight is 356 g/mol. The number of nitrogens with zero attached hydrogens (tertiary/aromatic N) is 1. The summed E-state index contributed by atoms with van der Waals surface area (Å²) in [5, 5.41) is 11.5. The van der Waals surface area contributed by atoms with E-state index in [-0.39, 0.29) is 18.6 Å². The van der Waals surface area contributed by atoms with Crippen LogP contribution in [0, 0.1) is 23.4 Å². The number of halogens is 3. The van der Waals surface area contributed by atoms with Gasteiger partial charge in [-0.15, -0.1) is 0 Å². The van der Waals surface area contributed by atoms with E-state index in [9.17, 15) is 22.8 Å². The Morgan fingerprint density at radius 1 is 1.16 bits per heavy atom. The average Bonchev–Trinajstić information content (AvgIpc) is 3.29. The molecule has 2 saturated carbocycles. The summed E-state index contributed by atoms with van der Waals surface area (Å²) in [4.78, 5) is 24.9. The maximum atomic E-state index is 13.6. The number of carbonyl (C=O) groups excluding carboxylic acids is 1. The van der Waals surface area contributed by atoms with Gasteiger partial charge in [0.05, 0.1) is 6.54 Å². The van der Waals surface area contributed by atoms with Gasteiger partial charge in [0.25, 0.3) is 5.91 Å². The number of nitrogens with one attached hydrogen (secondary N) is 1. The summed E-state index contributed by atoms with van der Waals surface area (Å²) < 4.78 is 40.4. The van der Waals surface area contributed by atoms with Crippen molar-refractivity contribution in [2.45, 2.75) is 37.8 Å². The van der Waals surface area contributed by atoms with Crippen LogP contribution in [0.4, 0.5) is 13.2 Å². The van der Waals surface area contributed by atoms with Crippen molar-refractivity contribution in [3.05, 3.63) is 35.1 Å². The van der Waals surface area contributed by atoms with Gasteiger partial charge >= 0.3 is 5.97 Å². The molecule has 0 radical (unpaired) electrons. The number of carbonyl (C=O) groups is 2. The maximum absolute atomic E-state index is 13.6. The minimum atomic E-state index is -1.50. The third-order valence-corrected chi connectivity index (χ3v) is 4.76. The highest BCUT2D eigenvalue weighted by Gasteiger charge is 2.38. The maximum Gasteiger partial charge on any atom is 0.317 e. The molecule has 8 heteroatoms. The second-order valence-electron chi connectivity index (χ2n) is 6.78. The Morgan fingerprint density at radius 3 is 2.40 bits per heavy atom. The lowest BCUT2D eigenvalue weighted by molar-refractivity contribution is -0.139. The van der Waals surface area contributed by atoms with Crippen molar-refractivity contribution in [2.75, 3.05) is 13.1 Å². The third-order valence-electron chi connectivity index (χ3n) is 4.76. The fourth-order valence-corrected chi connectivity index (χ4v) is 3.15. The Kier molecular flexibility index (Phi) is 4.99. The molecule has 0 heterocycles. The number of benzene rings is 1. The number of carboxylic acids is 1. The fraction of sp³-hybridized carbons (Fsp3) is 0.529. The molecule has 0 saturated heterocycles. The quantitative estimate of drug-likeness (QED) is 0.735. The topological polar surface area (TPSA) is 69.6 Å². The predicted molar refractivity (Wildman–Crippen MR) is 82.5 cm³/mol. The summed E-state index contributed by atoms with van der Waals surface area (Å²) in [6.45, 7) is 0.653. The Bertz CT molecular complexity index is 688. The van der Waals surface area contributed by atoms with Crippen LogP contribution >= 0.6 is 0 Å². The van der Waals surface area contributed by atoms with Crippen LogP contribution in [0.15, 0.2) is 12.1 Å². The van der Waals surface area contributed by atoms with E-state index in [1.807, 2.05) is 4.90 Å². The minimum absolute atomic E-state index is 0.0178. The lowest BCUT2D eigenvalue weighted by Gasteiger charge is -2.42. The zero-order valence-corrected chi connectivity index (χ0v) is 13.5. The SMILES string of the molecule is O=C(O)CN(CC1CC1)C1CC(NC(=O)c2c(F)ccc(F)c2F)C1. The second-order valence-corrected chi connectivity index (χ2v) is 6.78. The molecule has 0 bridgehead atoms. The Labute approximate surface area is 142 Å². The standard InChI is InChI=1S/C17H19F3N2O3/c18-12-3-4-13(19)16(20)15(12)17(25)21-10-5-11(6-10)22(8-14(23)24)7-9-1-2-9/h3-4,9-11H,1-2,5-8H2,(H,21,25)(H,23,24). The Balaban J connectivity index is 1.56. The minimum Gasteiger partial charge on any atom is -0.480 e. The van der Waals surface area contributed by atoms with E-state index in [0.717, 1.165) is 12.8 Å². The molecule has 0 atom stereocenters. The van der Waals surface area contributed by atoms with Crippen LogP contribution < -0.4 is 5.32 Å². The third kappa shape index (κ3) is 4.12. The predicted octanol–water partition coefficient (Wildman–Crippen LogP) is 2.16. The van der Waals surface area contributed by atoms with E-state index in [2.05, 4.69) is 5.32 Å². The highest BCUT2D eigenvalue weighted by Crippen LogP contribution is 2.34. The lowest BCUT2D eigenvalue weighted by atomic mass is 9.85. The van der Waals surface area contributed by atoms with Gasteiger partial charge in [-0.3, -0.25) is 14.5 Å². The summed E-state index contributed by atoms with van der Waals surface area (Å²) >= 11 is 0. The molecular formula is C17H19F3N2O3. The molecule has 2 N–H and O–H groups in total. The van der Waals surface area contributed by atoms with Crippen molar-refractivity contribution < 1.29 is 27.9 Å². The van der Waals surface area contributed by atoms with Gasteiger partial charge in [-0.25, -0.2) is 13.2 Å². The fourth-order valence-electron chi connectivity index (χ4n) is 3.15. The number of carboxylic acid groups (broad SMARTS) is 1. The lowest BCUT2D eigenvalue weighted by Crippen LogP contribution is -2.55. The number of hydrogen-bond donors (Lipinski definition) is 2. The smallest absolute Gasteiger partial charge is 0.317 e. The molecule has 1 aromatic carbocycles. The van der Waals surface area contributed by atoms with Crippen LogP contribution in [0.5, 0.6) is 0 Å².